The predicted molar refractivity (Wildman–Crippen MR) is 68.8 cm³/mol. The molecule has 1 N–H and O–H groups in total. The summed E-state index contributed by atoms with van der Waals surface area (Å²) >= 11 is 0. The van der Waals surface area contributed by atoms with E-state index >= 15 is 0 Å². The van der Waals surface area contributed by atoms with Crippen LogP contribution in [0.5, 0.6) is 0 Å². The number of nitrogens with zero attached hydrogens (tertiary/aromatic N) is 1. The fourth-order valence-corrected chi connectivity index (χ4v) is 2.48. The van der Waals surface area contributed by atoms with E-state index in [0.29, 0.717) is 12.5 Å². The monoisotopic (exact) mass is 232 g/mol. The Kier molecular flexibility index (Phi) is 4.15. The number of amides is 1. The van der Waals surface area contributed by atoms with E-state index in [1.165, 1.54) is 0 Å². The predicted octanol–water partition coefficient (Wildman–Crippen LogP) is 1.44. The van der Waals surface area contributed by atoms with Crippen molar-refractivity contribution >= 4 is 5.91 Å². The summed E-state index contributed by atoms with van der Waals surface area (Å²) in [5, 5.41) is 3.16. The van der Waals surface area contributed by atoms with Crippen molar-refractivity contribution in [1.29, 1.82) is 0 Å². The second-order valence-corrected chi connectivity index (χ2v) is 4.60. The van der Waals surface area contributed by atoms with Crippen LogP contribution in [0.2, 0.25) is 0 Å². The maximum absolute atomic E-state index is 12.2. The molecular weight excluding hydrogens is 212 g/mol. The van der Waals surface area contributed by atoms with Crippen molar-refractivity contribution in [1.82, 2.24) is 10.2 Å². The van der Waals surface area contributed by atoms with Crippen LogP contribution in [0.25, 0.3) is 0 Å². The maximum Gasteiger partial charge on any atom is 0.227 e. The van der Waals surface area contributed by atoms with Gasteiger partial charge in [-0.1, -0.05) is 30.3 Å². The number of likely N-dealkylation sites (tertiary alicyclic amines) is 1. The SMILES string of the molecule is CNCC1CCCN1C(=O)Cc1ccccc1. The molecule has 0 spiro atoms. The van der Waals surface area contributed by atoms with Crippen LogP contribution in [0.15, 0.2) is 30.3 Å². The van der Waals surface area contributed by atoms with E-state index < -0.39 is 0 Å². The lowest BCUT2D eigenvalue weighted by atomic mass is 10.1. The first-order valence-corrected chi connectivity index (χ1v) is 6.29. The van der Waals surface area contributed by atoms with Gasteiger partial charge in [-0.25, -0.2) is 0 Å². The lowest BCUT2D eigenvalue weighted by molar-refractivity contribution is -0.131. The Hall–Kier alpha value is -1.35. The molecule has 1 aromatic carbocycles. The van der Waals surface area contributed by atoms with E-state index in [9.17, 15) is 4.79 Å². The highest BCUT2D eigenvalue weighted by atomic mass is 16.2. The molecule has 1 fully saturated rings. The van der Waals surface area contributed by atoms with Crippen LogP contribution in [0.1, 0.15) is 18.4 Å². The largest absolute Gasteiger partial charge is 0.338 e. The molecule has 0 aliphatic carbocycles. The molecule has 92 valence electrons. The second kappa shape index (κ2) is 5.82. The quantitative estimate of drug-likeness (QED) is 0.852. The second-order valence-electron chi connectivity index (χ2n) is 4.60. The van der Waals surface area contributed by atoms with Gasteiger partial charge in [0.05, 0.1) is 6.42 Å². The van der Waals surface area contributed by atoms with Crippen LogP contribution in [-0.4, -0.2) is 37.0 Å². The molecule has 1 aromatic rings. The van der Waals surface area contributed by atoms with Crippen molar-refractivity contribution in [2.24, 2.45) is 0 Å². The van der Waals surface area contributed by atoms with E-state index in [-0.39, 0.29) is 5.91 Å². The van der Waals surface area contributed by atoms with E-state index in [1.54, 1.807) is 0 Å². The highest BCUT2D eigenvalue weighted by Crippen LogP contribution is 2.18. The summed E-state index contributed by atoms with van der Waals surface area (Å²) in [5.41, 5.74) is 1.10. The van der Waals surface area contributed by atoms with Gasteiger partial charge in [0.15, 0.2) is 0 Å². The molecule has 1 saturated heterocycles. The molecule has 0 radical (unpaired) electrons. The van der Waals surface area contributed by atoms with Gasteiger partial charge in [-0.3, -0.25) is 4.79 Å². The van der Waals surface area contributed by atoms with Gasteiger partial charge in [0, 0.05) is 19.1 Å². The van der Waals surface area contributed by atoms with E-state index in [2.05, 4.69) is 5.32 Å². The highest BCUT2D eigenvalue weighted by molar-refractivity contribution is 5.79. The topological polar surface area (TPSA) is 32.3 Å². The first-order valence-electron chi connectivity index (χ1n) is 6.29. The van der Waals surface area contributed by atoms with Gasteiger partial charge < -0.3 is 10.2 Å². The fraction of sp³-hybridized carbons (Fsp3) is 0.500. The molecule has 0 aromatic heterocycles. The molecule has 17 heavy (non-hydrogen) atoms. The molecule has 2 rings (SSSR count). The summed E-state index contributed by atoms with van der Waals surface area (Å²) in [5.74, 6) is 0.258. The summed E-state index contributed by atoms with van der Waals surface area (Å²) in [6, 6.07) is 10.4. The molecule has 1 unspecified atom stereocenters. The number of nitrogens with one attached hydrogen (secondary N) is 1. The maximum atomic E-state index is 12.2. The van der Waals surface area contributed by atoms with Gasteiger partial charge in [0.2, 0.25) is 5.91 Å². The number of rotatable bonds is 4. The summed E-state index contributed by atoms with van der Waals surface area (Å²) in [4.78, 5) is 14.2. The summed E-state index contributed by atoms with van der Waals surface area (Å²) in [6.07, 6.45) is 2.79. The minimum Gasteiger partial charge on any atom is -0.338 e. The van der Waals surface area contributed by atoms with Crippen molar-refractivity contribution < 1.29 is 4.79 Å². The molecule has 0 saturated carbocycles. The average Bonchev–Trinajstić information content (AvgIpc) is 2.79. The number of benzene rings is 1. The summed E-state index contributed by atoms with van der Waals surface area (Å²) < 4.78 is 0. The molecule has 3 nitrogen and oxygen atoms in total. The van der Waals surface area contributed by atoms with Crippen molar-refractivity contribution in [3.8, 4) is 0 Å². The standard InChI is InChI=1S/C14H20N2O/c1-15-11-13-8-5-9-16(13)14(17)10-12-6-3-2-4-7-12/h2-4,6-7,13,15H,5,8-11H2,1H3. The van der Waals surface area contributed by atoms with Gasteiger partial charge >= 0.3 is 0 Å². The van der Waals surface area contributed by atoms with Gasteiger partial charge in [-0.05, 0) is 25.5 Å². The van der Waals surface area contributed by atoms with Crippen molar-refractivity contribution in [2.75, 3.05) is 20.1 Å². The smallest absolute Gasteiger partial charge is 0.227 e. The molecule has 1 heterocycles. The summed E-state index contributed by atoms with van der Waals surface area (Å²) in [6.45, 7) is 1.82. The van der Waals surface area contributed by atoms with Crippen molar-refractivity contribution in [3.05, 3.63) is 35.9 Å². The van der Waals surface area contributed by atoms with Crippen molar-refractivity contribution in [2.45, 2.75) is 25.3 Å². The van der Waals surface area contributed by atoms with Crippen LogP contribution in [0, 0.1) is 0 Å². The Balaban J connectivity index is 1.95. The van der Waals surface area contributed by atoms with E-state index in [4.69, 9.17) is 0 Å². The molecule has 1 atom stereocenters. The van der Waals surface area contributed by atoms with Gasteiger partial charge in [-0.15, -0.1) is 0 Å². The Morgan fingerprint density at radius 3 is 2.88 bits per heavy atom. The lowest BCUT2D eigenvalue weighted by Crippen LogP contribution is -2.41. The Bertz CT molecular complexity index is 364. The van der Waals surface area contributed by atoms with Crippen molar-refractivity contribution in [3.63, 3.8) is 0 Å². The van der Waals surface area contributed by atoms with Gasteiger partial charge in [0.25, 0.3) is 0 Å². The Labute approximate surface area is 103 Å². The van der Waals surface area contributed by atoms with E-state index in [0.717, 1.165) is 31.5 Å². The fourth-order valence-electron chi connectivity index (χ4n) is 2.48. The highest BCUT2D eigenvalue weighted by Gasteiger charge is 2.27. The van der Waals surface area contributed by atoms with Gasteiger partial charge in [0.1, 0.15) is 0 Å². The summed E-state index contributed by atoms with van der Waals surface area (Å²) in [7, 11) is 1.94. The molecule has 3 heteroatoms. The molecule has 1 aliphatic rings. The van der Waals surface area contributed by atoms with Gasteiger partial charge in [-0.2, -0.15) is 0 Å². The third-order valence-corrected chi connectivity index (χ3v) is 3.34. The number of carbonyl (C=O) groups excluding carboxylic acids is 1. The molecule has 0 bridgehead atoms. The van der Waals surface area contributed by atoms with Crippen LogP contribution in [0.4, 0.5) is 0 Å². The lowest BCUT2D eigenvalue weighted by Gasteiger charge is -2.24. The minimum absolute atomic E-state index is 0.258. The van der Waals surface area contributed by atoms with Crippen LogP contribution >= 0.6 is 0 Å². The molecule has 1 aliphatic heterocycles. The normalized spacial score (nSPS) is 19.6. The zero-order valence-electron chi connectivity index (χ0n) is 10.4. The molecule has 1 amide bonds. The zero-order valence-corrected chi connectivity index (χ0v) is 10.4. The van der Waals surface area contributed by atoms with Crippen LogP contribution in [-0.2, 0) is 11.2 Å². The number of hydrogen-bond donors (Lipinski definition) is 1. The molecular formula is C14H20N2O. The Morgan fingerprint density at radius 2 is 2.18 bits per heavy atom. The van der Waals surface area contributed by atoms with Crippen LogP contribution < -0.4 is 5.32 Å². The third kappa shape index (κ3) is 3.07. The number of carbonyl (C=O) groups is 1. The Morgan fingerprint density at radius 1 is 1.41 bits per heavy atom. The first kappa shape index (κ1) is 12.1. The first-order chi connectivity index (χ1) is 8.31. The minimum atomic E-state index is 0.258. The number of likely N-dealkylation sites (N-methyl/N-ethyl adjacent to an activating group) is 1. The number of hydrogen-bond acceptors (Lipinski definition) is 2. The van der Waals surface area contributed by atoms with E-state index in [1.807, 2.05) is 42.3 Å². The van der Waals surface area contributed by atoms with Crippen LogP contribution in [0.3, 0.4) is 0 Å². The average molecular weight is 232 g/mol. The zero-order chi connectivity index (χ0) is 12.1. The third-order valence-electron chi connectivity index (χ3n) is 3.34.